The van der Waals surface area contributed by atoms with Crippen LogP contribution in [0.3, 0.4) is 0 Å². The number of ether oxygens (including phenoxy) is 1. The Kier molecular flexibility index (Phi) is 3.93. The molecule has 4 heteroatoms. The highest BCUT2D eigenvalue weighted by Gasteiger charge is 2.33. The maximum absolute atomic E-state index is 9.36. The molecule has 2 nitrogen and oxygen atoms in total. The van der Waals surface area contributed by atoms with Gasteiger partial charge in [-0.05, 0) is 30.9 Å². The molecule has 1 aromatic rings. The van der Waals surface area contributed by atoms with Gasteiger partial charge in [0.15, 0.2) is 0 Å². The average molecular weight is 270 g/mol. The van der Waals surface area contributed by atoms with Crippen molar-refractivity contribution in [1.29, 1.82) is 5.26 Å². The van der Waals surface area contributed by atoms with Crippen molar-refractivity contribution in [1.82, 2.24) is 0 Å². The second kappa shape index (κ2) is 5.27. The van der Waals surface area contributed by atoms with Crippen molar-refractivity contribution >= 4 is 23.2 Å². The molecule has 1 atom stereocenters. The minimum atomic E-state index is -0.452. The van der Waals surface area contributed by atoms with Gasteiger partial charge in [-0.1, -0.05) is 35.3 Å². The number of hydrogen-bond acceptors (Lipinski definition) is 2. The molecule has 0 aromatic heterocycles. The zero-order valence-electron chi connectivity index (χ0n) is 9.38. The quantitative estimate of drug-likeness (QED) is 0.817. The maximum atomic E-state index is 9.36. The van der Waals surface area contributed by atoms with Crippen LogP contribution in [0.2, 0.25) is 10.0 Å². The van der Waals surface area contributed by atoms with Gasteiger partial charge in [-0.25, -0.2) is 0 Å². The lowest BCUT2D eigenvalue weighted by molar-refractivity contribution is 0.0224. The molecule has 1 unspecified atom stereocenters. The summed E-state index contributed by atoms with van der Waals surface area (Å²) >= 11 is 12.1. The summed E-state index contributed by atoms with van der Waals surface area (Å²) in [6.45, 7) is 1.22. The lowest BCUT2D eigenvalue weighted by Crippen LogP contribution is -2.32. The van der Waals surface area contributed by atoms with Gasteiger partial charge in [-0.3, -0.25) is 0 Å². The van der Waals surface area contributed by atoms with Crippen LogP contribution in [0.1, 0.15) is 18.4 Å². The summed E-state index contributed by atoms with van der Waals surface area (Å²) in [5, 5.41) is 10.4. The Morgan fingerprint density at radius 1 is 1.41 bits per heavy atom. The van der Waals surface area contributed by atoms with Crippen LogP contribution in [0.25, 0.3) is 0 Å². The summed E-state index contributed by atoms with van der Waals surface area (Å²) in [7, 11) is 0. The summed E-state index contributed by atoms with van der Waals surface area (Å²) in [6.07, 6.45) is 2.38. The summed E-state index contributed by atoms with van der Waals surface area (Å²) < 4.78 is 5.42. The van der Waals surface area contributed by atoms with Crippen molar-refractivity contribution < 1.29 is 4.74 Å². The fraction of sp³-hybridized carbons (Fsp3) is 0.462. The van der Waals surface area contributed by atoms with E-state index in [2.05, 4.69) is 6.07 Å². The van der Waals surface area contributed by atoms with Gasteiger partial charge in [0.1, 0.15) is 0 Å². The minimum Gasteiger partial charge on any atom is -0.380 e. The van der Waals surface area contributed by atoms with Crippen molar-refractivity contribution in [2.45, 2.75) is 19.3 Å². The standard InChI is InChI=1S/C13H13Cl2NO/c14-11-4-1-3-10(12(11)15)7-13(8-16)5-2-6-17-9-13/h1,3-4H,2,5-7,9H2. The predicted molar refractivity (Wildman–Crippen MR) is 68.3 cm³/mol. The molecule has 0 N–H and O–H groups in total. The Balaban J connectivity index is 2.24. The zero-order chi connectivity index (χ0) is 12.3. The Hall–Kier alpha value is -0.750. The molecule has 90 valence electrons. The predicted octanol–water partition coefficient (Wildman–Crippen LogP) is 3.86. The minimum absolute atomic E-state index is 0.452. The first-order chi connectivity index (χ1) is 8.17. The van der Waals surface area contributed by atoms with Crippen LogP contribution < -0.4 is 0 Å². The van der Waals surface area contributed by atoms with Gasteiger partial charge < -0.3 is 4.74 Å². The van der Waals surface area contributed by atoms with E-state index in [0.717, 1.165) is 25.0 Å². The second-order valence-corrected chi connectivity index (χ2v) is 5.22. The summed E-state index contributed by atoms with van der Waals surface area (Å²) in [6, 6.07) is 7.92. The third-order valence-corrected chi connectivity index (χ3v) is 3.98. The molecule has 0 amide bonds. The first-order valence-corrected chi connectivity index (χ1v) is 6.34. The Labute approximate surface area is 111 Å². The maximum Gasteiger partial charge on any atom is 0.0848 e. The SMILES string of the molecule is N#CC1(Cc2cccc(Cl)c2Cl)CCCOC1. The molecule has 0 aliphatic carbocycles. The highest BCUT2D eigenvalue weighted by Crippen LogP contribution is 2.35. The number of benzene rings is 1. The van der Waals surface area contributed by atoms with Crippen molar-refractivity contribution in [3.05, 3.63) is 33.8 Å². The van der Waals surface area contributed by atoms with Gasteiger partial charge in [-0.15, -0.1) is 0 Å². The first kappa shape index (κ1) is 12.7. The van der Waals surface area contributed by atoms with Crippen LogP contribution in [0.5, 0.6) is 0 Å². The van der Waals surface area contributed by atoms with Gasteiger partial charge in [0.05, 0.1) is 28.1 Å². The third-order valence-electron chi connectivity index (χ3n) is 3.12. The molecule has 1 heterocycles. The molecule has 0 bridgehead atoms. The van der Waals surface area contributed by atoms with Crippen molar-refractivity contribution in [3.8, 4) is 6.07 Å². The Morgan fingerprint density at radius 2 is 2.24 bits per heavy atom. The zero-order valence-corrected chi connectivity index (χ0v) is 10.9. The van der Waals surface area contributed by atoms with E-state index in [1.807, 2.05) is 12.1 Å². The van der Waals surface area contributed by atoms with Gasteiger partial charge in [0.2, 0.25) is 0 Å². The van der Waals surface area contributed by atoms with Crippen LogP contribution in [0.4, 0.5) is 0 Å². The van der Waals surface area contributed by atoms with Gasteiger partial charge in [0, 0.05) is 6.61 Å². The van der Waals surface area contributed by atoms with E-state index in [1.165, 1.54) is 0 Å². The van der Waals surface area contributed by atoms with E-state index in [9.17, 15) is 5.26 Å². The van der Waals surface area contributed by atoms with Crippen LogP contribution in [0, 0.1) is 16.7 Å². The molecule has 2 rings (SSSR count). The lowest BCUT2D eigenvalue weighted by atomic mass is 9.78. The van der Waals surface area contributed by atoms with E-state index in [0.29, 0.717) is 23.1 Å². The second-order valence-electron chi connectivity index (χ2n) is 4.44. The number of nitriles is 1. The molecule has 0 radical (unpaired) electrons. The molecule has 17 heavy (non-hydrogen) atoms. The summed E-state index contributed by atoms with van der Waals surface area (Å²) in [4.78, 5) is 0. The average Bonchev–Trinajstić information content (AvgIpc) is 2.36. The van der Waals surface area contributed by atoms with Crippen LogP contribution in [-0.2, 0) is 11.2 Å². The molecular formula is C13H13Cl2NO. The fourth-order valence-electron chi connectivity index (χ4n) is 2.17. The third kappa shape index (κ3) is 2.74. The van der Waals surface area contributed by atoms with Crippen molar-refractivity contribution in [3.63, 3.8) is 0 Å². The van der Waals surface area contributed by atoms with E-state index >= 15 is 0 Å². The van der Waals surface area contributed by atoms with E-state index in [1.54, 1.807) is 6.07 Å². The van der Waals surface area contributed by atoms with Crippen molar-refractivity contribution in [2.24, 2.45) is 5.41 Å². The van der Waals surface area contributed by atoms with Crippen LogP contribution in [-0.4, -0.2) is 13.2 Å². The highest BCUT2D eigenvalue weighted by molar-refractivity contribution is 6.42. The molecule has 1 saturated heterocycles. The van der Waals surface area contributed by atoms with Gasteiger partial charge in [-0.2, -0.15) is 5.26 Å². The van der Waals surface area contributed by atoms with E-state index in [4.69, 9.17) is 27.9 Å². The van der Waals surface area contributed by atoms with E-state index < -0.39 is 5.41 Å². The molecule has 1 aliphatic heterocycles. The molecule has 1 aromatic carbocycles. The molecule has 0 spiro atoms. The first-order valence-electron chi connectivity index (χ1n) is 5.59. The molecule has 1 aliphatic rings. The molecule has 1 fully saturated rings. The Bertz CT molecular complexity index is 447. The van der Waals surface area contributed by atoms with Crippen molar-refractivity contribution in [2.75, 3.05) is 13.2 Å². The highest BCUT2D eigenvalue weighted by atomic mass is 35.5. The van der Waals surface area contributed by atoms with Gasteiger partial charge in [0.25, 0.3) is 0 Å². The molecule has 0 saturated carbocycles. The summed E-state index contributed by atoms with van der Waals surface area (Å²) in [5.41, 5.74) is 0.471. The number of halogens is 2. The Morgan fingerprint density at radius 3 is 2.88 bits per heavy atom. The normalized spacial score (nSPS) is 24.3. The fourth-order valence-corrected chi connectivity index (χ4v) is 2.56. The van der Waals surface area contributed by atoms with E-state index in [-0.39, 0.29) is 0 Å². The largest absolute Gasteiger partial charge is 0.380 e. The monoisotopic (exact) mass is 269 g/mol. The van der Waals surface area contributed by atoms with Crippen LogP contribution in [0.15, 0.2) is 18.2 Å². The summed E-state index contributed by atoms with van der Waals surface area (Å²) in [5.74, 6) is 0. The van der Waals surface area contributed by atoms with Gasteiger partial charge >= 0.3 is 0 Å². The smallest absolute Gasteiger partial charge is 0.0848 e. The lowest BCUT2D eigenvalue weighted by Gasteiger charge is -2.30. The molecular weight excluding hydrogens is 257 g/mol. The number of rotatable bonds is 2. The van der Waals surface area contributed by atoms with Crippen LogP contribution >= 0.6 is 23.2 Å². The number of hydrogen-bond donors (Lipinski definition) is 0. The number of nitrogens with zero attached hydrogens (tertiary/aromatic N) is 1. The topological polar surface area (TPSA) is 33.0 Å².